The third kappa shape index (κ3) is 6.27. The van der Waals surface area contributed by atoms with Gasteiger partial charge in [-0.2, -0.15) is 0 Å². The summed E-state index contributed by atoms with van der Waals surface area (Å²) in [6.07, 6.45) is 5.15. The zero-order chi connectivity index (χ0) is 26.2. The number of hydrogen-bond donors (Lipinski definition) is 1. The maximum atomic E-state index is 11.1. The van der Waals surface area contributed by atoms with Gasteiger partial charge in [-0.3, -0.25) is 0 Å². The first kappa shape index (κ1) is 26.6. The summed E-state index contributed by atoms with van der Waals surface area (Å²) < 4.78 is 28.2. The molecule has 0 aromatic heterocycles. The molecule has 0 amide bonds. The van der Waals surface area contributed by atoms with E-state index >= 15 is 0 Å². The highest BCUT2D eigenvalue weighted by Gasteiger charge is 2.35. The van der Waals surface area contributed by atoms with Crippen molar-refractivity contribution in [1.82, 2.24) is 0 Å². The Bertz CT molecular complexity index is 1180. The number of aliphatic hydroxyl groups excluding tert-OH is 1. The van der Waals surface area contributed by atoms with Gasteiger partial charge in [-0.1, -0.05) is 54.6 Å². The Kier molecular flexibility index (Phi) is 9.09. The molecule has 0 unspecified atom stereocenters. The molecule has 4 atom stereocenters. The summed E-state index contributed by atoms with van der Waals surface area (Å²) in [5.41, 5.74) is 2.98. The Morgan fingerprint density at radius 1 is 0.838 bits per heavy atom. The predicted octanol–water partition coefficient (Wildman–Crippen LogP) is 6.25. The lowest BCUT2D eigenvalue weighted by molar-refractivity contribution is -0.0900. The fraction of sp³-hybridized carbons (Fsp3) is 0.355. The van der Waals surface area contributed by atoms with Crippen LogP contribution in [0.3, 0.4) is 0 Å². The molecule has 3 aromatic carbocycles. The van der Waals surface area contributed by atoms with Gasteiger partial charge < -0.3 is 28.8 Å². The van der Waals surface area contributed by atoms with Crippen molar-refractivity contribution in [1.29, 1.82) is 0 Å². The molecule has 4 rings (SSSR count). The summed E-state index contributed by atoms with van der Waals surface area (Å²) in [6.45, 7) is 0.477. The molecular formula is C31H36O6. The zero-order valence-corrected chi connectivity index (χ0v) is 21.9. The minimum Gasteiger partial charge on any atom is -0.493 e. The first-order valence-corrected chi connectivity index (χ1v) is 12.5. The Hall–Kier alpha value is -3.48. The minimum atomic E-state index is -0.579. The van der Waals surface area contributed by atoms with Crippen LogP contribution in [0.4, 0.5) is 0 Å². The van der Waals surface area contributed by atoms with Gasteiger partial charge in [0.05, 0.1) is 47.3 Å². The molecule has 0 spiro atoms. The van der Waals surface area contributed by atoms with E-state index < -0.39 is 6.10 Å². The van der Waals surface area contributed by atoms with Crippen LogP contribution in [0.5, 0.6) is 23.0 Å². The van der Waals surface area contributed by atoms with Crippen LogP contribution >= 0.6 is 0 Å². The smallest absolute Gasteiger partial charge is 0.161 e. The molecule has 1 aliphatic heterocycles. The standard InChI is InChI=1S/C31H36O6/c1-33-26-15-13-21(17-28(26)35-3)9-8-12-23-18-25(30(32)22-10-6-5-7-11-22)20-37-31(23)24-14-16-27(34-2)29(19-24)36-4/h5-11,13-17,19,23,25,30-32H,12,18,20H2,1-4H3/b9-8+/t23-,25-,30+,31-/m1/s1. The highest BCUT2D eigenvalue weighted by atomic mass is 16.5. The van der Waals surface area contributed by atoms with E-state index in [0.29, 0.717) is 29.6 Å². The van der Waals surface area contributed by atoms with E-state index in [-0.39, 0.29) is 17.9 Å². The average molecular weight is 505 g/mol. The Morgan fingerprint density at radius 2 is 1.49 bits per heavy atom. The Morgan fingerprint density at radius 3 is 2.16 bits per heavy atom. The van der Waals surface area contributed by atoms with E-state index in [9.17, 15) is 5.11 Å². The summed E-state index contributed by atoms with van der Waals surface area (Å²) in [6, 6.07) is 21.6. The van der Waals surface area contributed by atoms with Gasteiger partial charge >= 0.3 is 0 Å². The van der Waals surface area contributed by atoms with Crippen molar-refractivity contribution in [3.05, 3.63) is 89.5 Å². The molecule has 0 bridgehead atoms. The molecule has 0 aliphatic carbocycles. The largest absolute Gasteiger partial charge is 0.493 e. The number of methoxy groups -OCH3 is 4. The summed E-state index contributed by atoms with van der Waals surface area (Å²) >= 11 is 0. The van der Waals surface area contributed by atoms with Crippen LogP contribution in [-0.2, 0) is 4.74 Å². The van der Waals surface area contributed by atoms with E-state index in [1.54, 1.807) is 28.4 Å². The first-order valence-electron chi connectivity index (χ1n) is 12.5. The molecule has 196 valence electrons. The summed E-state index contributed by atoms with van der Waals surface area (Å²) in [7, 11) is 6.53. The molecule has 0 saturated carbocycles. The molecule has 3 aromatic rings. The molecule has 1 aliphatic rings. The van der Waals surface area contributed by atoms with Crippen LogP contribution in [0.2, 0.25) is 0 Å². The second-order valence-corrected chi connectivity index (χ2v) is 9.23. The maximum Gasteiger partial charge on any atom is 0.161 e. The van der Waals surface area contributed by atoms with Crippen LogP contribution in [0.15, 0.2) is 72.8 Å². The van der Waals surface area contributed by atoms with E-state index in [0.717, 1.165) is 29.5 Å². The quantitative estimate of drug-likeness (QED) is 0.352. The monoisotopic (exact) mass is 504 g/mol. The van der Waals surface area contributed by atoms with Gasteiger partial charge in [0, 0.05) is 5.92 Å². The second kappa shape index (κ2) is 12.7. The van der Waals surface area contributed by atoms with Gasteiger partial charge in [-0.25, -0.2) is 0 Å². The molecule has 6 nitrogen and oxygen atoms in total. The predicted molar refractivity (Wildman–Crippen MR) is 144 cm³/mol. The van der Waals surface area contributed by atoms with Gasteiger partial charge in [-0.15, -0.1) is 0 Å². The van der Waals surface area contributed by atoms with Crippen molar-refractivity contribution in [2.75, 3.05) is 35.0 Å². The van der Waals surface area contributed by atoms with Gasteiger partial charge in [-0.05, 0) is 59.7 Å². The topological polar surface area (TPSA) is 66.4 Å². The van der Waals surface area contributed by atoms with Crippen molar-refractivity contribution in [3.63, 3.8) is 0 Å². The normalized spacial score (nSPS) is 20.4. The van der Waals surface area contributed by atoms with Crippen LogP contribution < -0.4 is 18.9 Å². The fourth-order valence-corrected chi connectivity index (χ4v) is 5.04. The number of hydrogen-bond acceptors (Lipinski definition) is 6. The molecule has 0 radical (unpaired) electrons. The molecule has 1 fully saturated rings. The van der Waals surface area contributed by atoms with E-state index in [1.807, 2.05) is 66.7 Å². The van der Waals surface area contributed by atoms with Crippen LogP contribution in [0, 0.1) is 11.8 Å². The van der Waals surface area contributed by atoms with Crippen molar-refractivity contribution >= 4 is 6.08 Å². The van der Waals surface area contributed by atoms with Gasteiger partial charge in [0.15, 0.2) is 23.0 Å². The van der Waals surface area contributed by atoms with Gasteiger partial charge in [0.2, 0.25) is 0 Å². The van der Waals surface area contributed by atoms with Crippen LogP contribution in [0.25, 0.3) is 6.08 Å². The lowest BCUT2D eigenvalue weighted by Gasteiger charge is -2.38. The second-order valence-electron chi connectivity index (χ2n) is 9.23. The van der Waals surface area contributed by atoms with Crippen molar-refractivity contribution in [3.8, 4) is 23.0 Å². The molecule has 1 saturated heterocycles. The molecule has 1 N–H and O–H groups in total. The van der Waals surface area contributed by atoms with Crippen molar-refractivity contribution < 1.29 is 28.8 Å². The van der Waals surface area contributed by atoms with Crippen molar-refractivity contribution in [2.24, 2.45) is 11.8 Å². The van der Waals surface area contributed by atoms with E-state index in [1.165, 1.54) is 0 Å². The molecule has 37 heavy (non-hydrogen) atoms. The third-order valence-corrected chi connectivity index (χ3v) is 7.00. The van der Waals surface area contributed by atoms with E-state index in [2.05, 4.69) is 12.2 Å². The molecular weight excluding hydrogens is 468 g/mol. The first-order chi connectivity index (χ1) is 18.1. The lowest BCUT2D eigenvalue weighted by atomic mass is 9.79. The van der Waals surface area contributed by atoms with Crippen LogP contribution in [-0.4, -0.2) is 40.2 Å². The number of allylic oxidation sites excluding steroid dienone is 1. The third-order valence-electron chi connectivity index (χ3n) is 7.00. The zero-order valence-electron chi connectivity index (χ0n) is 21.9. The van der Waals surface area contributed by atoms with E-state index in [4.69, 9.17) is 23.7 Å². The SMILES string of the molecule is COc1ccc(/C=C/C[C@@H]2C[C@@H]([C@@H](O)c3ccccc3)CO[C@H]2c2ccc(OC)c(OC)c2)cc1OC. The summed E-state index contributed by atoms with van der Waals surface area (Å²) in [4.78, 5) is 0. The number of benzene rings is 3. The van der Waals surface area contributed by atoms with Gasteiger partial charge in [0.1, 0.15) is 0 Å². The highest BCUT2D eigenvalue weighted by Crippen LogP contribution is 2.44. The minimum absolute atomic E-state index is 0.00160. The Labute approximate surface area is 219 Å². The molecule has 6 heteroatoms. The van der Waals surface area contributed by atoms with Crippen molar-refractivity contribution in [2.45, 2.75) is 25.0 Å². The van der Waals surface area contributed by atoms with Gasteiger partial charge in [0.25, 0.3) is 0 Å². The number of aliphatic hydroxyl groups is 1. The van der Waals surface area contributed by atoms with Crippen LogP contribution in [0.1, 0.15) is 41.7 Å². The lowest BCUT2D eigenvalue weighted by Crippen LogP contribution is -2.32. The number of rotatable bonds is 10. The summed E-state index contributed by atoms with van der Waals surface area (Å²) in [5.74, 6) is 2.91. The summed E-state index contributed by atoms with van der Waals surface area (Å²) in [5, 5.41) is 11.1. The fourth-order valence-electron chi connectivity index (χ4n) is 5.04. The Balaban J connectivity index is 1.57. The number of ether oxygens (including phenoxy) is 5. The average Bonchev–Trinajstić information content (AvgIpc) is 2.96. The highest BCUT2D eigenvalue weighted by molar-refractivity contribution is 5.56. The molecule has 1 heterocycles. The maximum absolute atomic E-state index is 11.1.